The zero-order valence-corrected chi connectivity index (χ0v) is 20.2. The lowest BCUT2D eigenvalue weighted by Crippen LogP contribution is -2.22. The molecule has 1 amide bonds. The SMILES string of the molecule is Cc1sc2ncnc(SC(C)C(=O)Nc3nc(-c4ccc(Cl)c(Cl)c4)cs3)c2c1C. The summed E-state index contributed by atoms with van der Waals surface area (Å²) in [7, 11) is 0. The van der Waals surface area contributed by atoms with E-state index in [0.717, 1.165) is 32.1 Å². The molecule has 5 nitrogen and oxygen atoms in total. The van der Waals surface area contributed by atoms with Crippen LogP contribution in [0, 0.1) is 13.8 Å². The standard InChI is InChI=1S/C20H16Cl2N4OS3/c1-9-10(2)29-18-16(9)19(24-8-23-18)30-11(3)17(27)26-20-25-15(7-28-20)12-4-5-13(21)14(22)6-12/h4-8,11H,1-3H3,(H,25,26,27). The van der Waals surface area contributed by atoms with E-state index >= 15 is 0 Å². The molecule has 0 aliphatic heterocycles. The Morgan fingerprint density at radius 2 is 2.00 bits per heavy atom. The number of benzene rings is 1. The molecule has 0 saturated heterocycles. The van der Waals surface area contributed by atoms with Crippen LogP contribution in [0.15, 0.2) is 34.9 Å². The van der Waals surface area contributed by atoms with Gasteiger partial charge in [-0.05, 0) is 38.5 Å². The first-order chi connectivity index (χ1) is 14.3. The van der Waals surface area contributed by atoms with Crippen molar-refractivity contribution in [1.82, 2.24) is 15.0 Å². The summed E-state index contributed by atoms with van der Waals surface area (Å²) in [6.45, 7) is 5.99. The van der Waals surface area contributed by atoms with Crippen molar-refractivity contribution >= 4 is 78.9 Å². The number of fused-ring (bicyclic) bond motifs is 1. The average Bonchev–Trinajstić information content (AvgIpc) is 3.29. The van der Waals surface area contributed by atoms with E-state index in [-0.39, 0.29) is 11.2 Å². The third-order valence-corrected chi connectivity index (χ3v) is 8.25. The lowest BCUT2D eigenvalue weighted by Gasteiger charge is -2.10. The largest absolute Gasteiger partial charge is 0.301 e. The highest BCUT2D eigenvalue weighted by Crippen LogP contribution is 2.36. The van der Waals surface area contributed by atoms with E-state index in [9.17, 15) is 4.79 Å². The first-order valence-corrected chi connectivity index (χ1v) is 12.3. The molecule has 1 unspecified atom stereocenters. The summed E-state index contributed by atoms with van der Waals surface area (Å²) >= 11 is 16.5. The molecule has 0 fully saturated rings. The van der Waals surface area contributed by atoms with Crippen molar-refractivity contribution in [3.05, 3.63) is 50.4 Å². The Labute approximate surface area is 195 Å². The van der Waals surface area contributed by atoms with Crippen LogP contribution < -0.4 is 5.32 Å². The molecule has 1 atom stereocenters. The third-order valence-electron chi connectivity index (χ3n) is 4.54. The maximum absolute atomic E-state index is 12.7. The van der Waals surface area contributed by atoms with Gasteiger partial charge < -0.3 is 5.32 Å². The second-order valence-electron chi connectivity index (χ2n) is 6.56. The molecule has 0 aliphatic rings. The number of carbonyl (C=O) groups is 1. The number of aromatic nitrogens is 3. The molecule has 0 bridgehead atoms. The molecule has 0 saturated carbocycles. The topological polar surface area (TPSA) is 67.8 Å². The normalized spacial score (nSPS) is 12.3. The molecule has 4 aromatic rings. The predicted octanol–water partition coefficient (Wildman–Crippen LogP) is 6.86. The summed E-state index contributed by atoms with van der Waals surface area (Å²) in [6, 6.07) is 5.33. The van der Waals surface area contributed by atoms with Gasteiger partial charge >= 0.3 is 0 Å². The van der Waals surface area contributed by atoms with Crippen molar-refractivity contribution in [2.75, 3.05) is 5.32 Å². The number of thiophene rings is 1. The van der Waals surface area contributed by atoms with Crippen molar-refractivity contribution in [1.29, 1.82) is 0 Å². The van der Waals surface area contributed by atoms with Crippen LogP contribution in [0.25, 0.3) is 21.5 Å². The molecule has 1 N–H and O–H groups in total. The highest BCUT2D eigenvalue weighted by atomic mass is 35.5. The lowest BCUT2D eigenvalue weighted by atomic mass is 10.2. The van der Waals surface area contributed by atoms with E-state index in [1.54, 1.807) is 29.8 Å². The maximum atomic E-state index is 12.7. The summed E-state index contributed by atoms with van der Waals surface area (Å²) in [4.78, 5) is 28.2. The van der Waals surface area contributed by atoms with Gasteiger partial charge in [-0.1, -0.05) is 41.0 Å². The van der Waals surface area contributed by atoms with Crippen molar-refractivity contribution in [2.45, 2.75) is 31.0 Å². The minimum Gasteiger partial charge on any atom is -0.301 e. The quantitative estimate of drug-likeness (QED) is 0.242. The van der Waals surface area contributed by atoms with Gasteiger partial charge in [-0.2, -0.15) is 0 Å². The van der Waals surface area contributed by atoms with Crippen LogP contribution in [0.5, 0.6) is 0 Å². The Balaban J connectivity index is 1.48. The molecule has 0 spiro atoms. The van der Waals surface area contributed by atoms with Crippen LogP contribution in [-0.4, -0.2) is 26.1 Å². The number of rotatable bonds is 5. The van der Waals surface area contributed by atoms with Crippen LogP contribution in [0.2, 0.25) is 10.0 Å². The van der Waals surface area contributed by atoms with Gasteiger partial charge in [-0.25, -0.2) is 15.0 Å². The van der Waals surface area contributed by atoms with E-state index < -0.39 is 0 Å². The number of hydrogen-bond acceptors (Lipinski definition) is 7. The number of thioether (sulfide) groups is 1. The number of thiazole rings is 1. The monoisotopic (exact) mass is 494 g/mol. The number of carbonyl (C=O) groups excluding carboxylic acids is 1. The zero-order chi connectivity index (χ0) is 21.4. The van der Waals surface area contributed by atoms with Gasteiger partial charge in [0.1, 0.15) is 16.2 Å². The smallest absolute Gasteiger partial charge is 0.239 e. The lowest BCUT2D eigenvalue weighted by molar-refractivity contribution is -0.115. The molecule has 3 aromatic heterocycles. The number of nitrogens with zero attached hydrogens (tertiary/aromatic N) is 3. The number of halogens is 2. The van der Waals surface area contributed by atoms with Crippen molar-refractivity contribution in [3.63, 3.8) is 0 Å². The van der Waals surface area contributed by atoms with Crippen molar-refractivity contribution < 1.29 is 4.79 Å². The minimum absolute atomic E-state index is 0.133. The van der Waals surface area contributed by atoms with Gasteiger partial charge in [0.25, 0.3) is 0 Å². The molecule has 1 aromatic carbocycles. The number of amides is 1. The summed E-state index contributed by atoms with van der Waals surface area (Å²) < 4.78 is 0. The molecular formula is C20H16Cl2N4OS3. The second kappa shape index (κ2) is 8.80. The summed E-state index contributed by atoms with van der Waals surface area (Å²) in [5, 5.41) is 7.76. The van der Waals surface area contributed by atoms with E-state index in [2.05, 4.69) is 34.1 Å². The zero-order valence-electron chi connectivity index (χ0n) is 16.2. The molecule has 3 heterocycles. The summed E-state index contributed by atoms with van der Waals surface area (Å²) in [6.07, 6.45) is 1.55. The number of nitrogens with one attached hydrogen (secondary N) is 1. The van der Waals surface area contributed by atoms with Crippen LogP contribution in [-0.2, 0) is 4.79 Å². The van der Waals surface area contributed by atoms with Gasteiger partial charge in [0.2, 0.25) is 5.91 Å². The Morgan fingerprint density at radius 3 is 2.77 bits per heavy atom. The number of aryl methyl sites for hydroxylation is 2. The van der Waals surface area contributed by atoms with E-state index in [1.807, 2.05) is 18.4 Å². The number of hydrogen-bond donors (Lipinski definition) is 1. The van der Waals surface area contributed by atoms with Crippen molar-refractivity contribution in [2.24, 2.45) is 0 Å². The Bertz CT molecular complexity index is 1250. The average molecular weight is 495 g/mol. The Kier molecular flexibility index (Phi) is 6.31. The highest BCUT2D eigenvalue weighted by Gasteiger charge is 2.20. The van der Waals surface area contributed by atoms with Crippen LogP contribution in [0.1, 0.15) is 17.4 Å². The first kappa shape index (κ1) is 21.5. The van der Waals surface area contributed by atoms with E-state index in [0.29, 0.717) is 15.2 Å². The van der Waals surface area contributed by atoms with E-state index in [1.165, 1.54) is 28.0 Å². The van der Waals surface area contributed by atoms with Gasteiger partial charge in [-0.3, -0.25) is 4.79 Å². The molecular weight excluding hydrogens is 479 g/mol. The minimum atomic E-state index is -0.347. The third kappa shape index (κ3) is 4.33. The Morgan fingerprint density at radius 1 is 1.20 bits per heavy atom. The molecule has 0 radical (unpaired) electrons. The fourth-order valence-corrected chi connectivity index (χ4v) is 5.85. The van der Waals surface area contributed by atoms with Crippen LogP contribution in [0.4, 0.5) is 5.13 Å². The van der Waals surface area contributed by atoms with Gasteiger partial charge in [0, 0.05) is 21.2 Å². The molecule has 30 heavy (non-hydrogen) atoms. The molecule has 10 heteroatoms. The molecule has 4 rings (SSSR count). The highest BCUT2D eigenvalue weighted by molar-refractivity contribution is 8.00. The molecule has 0 aliphatic carbocycles. The number of anilines is 1. The van der Waals surface area contributed by atoms with Crippen LogP contribution >= 0.6 is 57.6 Å². The fraction of sp³-hybridized carbons (Fsp3) is 0.200. The van der Waals surface area contributed by atoms with Gasteiger partial charge in [0.05, 0.1) is 21.0 Å². The van der Waals surface area contributed by atoms with Gasteiger partial charge in [-0.15, -0.1) is 22.7 Å². The van der Waals surface area contributed by atoms with Gasteiger partial charge in [0.15, 0.2) is 5.13 Å². The fourth-order valence-electron chi connectivity index (χ4n) is 2.79. The van der Waals surface area contributed by atoms with Crippen LogP contribution in [0.3, 0.4) is 0 Å². The summed E-state index contributed by atoms with van der Waals surface area (Å²) in [5.74, 6) is -0.133. The first-order valence-electron chi connectivity index (χ1n) is 8.92. The maximum Gasteiger partial charge on any atom is 0.239 e. The molecule has 154 valence electrons. The van der Waals surface area contributed by atoms with Crippen molar-refractivity contribution in [3.8, 4) is 11.3 Å². The summed E-state index contributed by atoms with van der Waals surface area (Å²) in [5.41, 5.74) is 2.74. The second-order valence-corrected chi connectivity index (χ2v) is 10.8. The Hall–Kier alpha value is -1.71. The van der Waals surface area contributed by atoms with E-state index in [4.69, 9.17) is 23.2 Å². The predicted molar refractivity (Wildman–Crippen MR) is 128 cm³/mol.